The number of thioether (sulfide) groups is 1. The second-order valence-corrected chi connectivity index (χ2v) is 8.65. The molecule has 0 bridgehead atoms. The highest BCUT2D eigenvalue weighted by Crippen LogP contribution is 2.37. The predicted molar refractivity (Wildman–Crippen MR) is 128 cm³/mol. The van der Waals surface area contributed by atoms with Crippen molar-refractivity contribution in [3.8, 4) is 23.3 Å². The summed E-state index contributed by atoms with van der Waals surface area (Å²) in [6, 6.07) is 19.4. The van der Waals surface area contributed by atoms with Crippen molar-refractivity contribution in [2.45, 2.75) is 37.5 Å². The van der Waals surface area contributed by atoms with E-state index in [1.54, 1.807) is 6.92 Å². The number of rotatable bonds is 6. The van der Waals surface area contributed by atoms with Crippen molar-refractivity contribution in [3.63, 3.8) is 0 Å². The Hall–Kier alpha value is -3.81. The van der Waals surface area contributed by atoms with Crippen molar-refractivity contribution in [2.24, 2.45) is 0 Å². The molecular formula is C25H23N5OS. The first kappa shape index (κ1) is 22.9. The number of hydrogen-bond donors (Lipinski definition) is 2. The maximum atomic E-state index is 12.7. The number of carbonyl (C=O) groups excluding carboxylic acids is 1. The zero-order chi connectivity index (χ0) is 23.3. The van der Waals surface area contributed by atoms with Crippen molar-refractivity contribution in [3.05, 3.63) is 70.8 Å². The molecule has 1 unspecified atom stereocenters. The van der Waals surface area contributed by atoms with Crippen molar-refractivity contribution < 1.29 is 4.79 Å². The van der Waals surface area contributed by atoms with Gasteiger partial charge in [0.2, 0.25) is 5.91 Å². The first-order chi connectivity index (χ1) is 15.4. The fraction of sp³-hybridized carbons (Fsp3) is 0.200. The van der Waals surface area contributed by atoms with E-state index in [-0.39, 0.29) is 22.9 Å². The fourth-order valence-corrected chi connectivity index (χ4v) is 4.18. The van der Waals surface area contributed by atoms with Gasteiger partial charge in [-0.1, -0.05) is 55.1 Å². The molecule has 3 rings (SSSR count). The highest BCUT2D eigenvalue weighted by atomic mass is 32.2. The van der Waals surface area contributed by atoms with Gasteiger partial charge in [0, 0.05) is 11.3 Å². The van der Waals surface area contributed by atoms with E-state index in [2.05, 4.69) is 29.4 Å². The molecule has 0 radical (unpaired) electrons. The highest BCUT2D eigenvalue weighted by molar-refractivity contribution is 8.00. The van der Waals surface area contributed by atoms with Crippen LogP contribution in [-0.4, -0.2) is 16.1 Å². The minimum Gasteiger partial charge on any atom is -0.383 e. The number of nitrogens with zero attached hydrogens (tertiary/aromatic N) is 3. The van der Waals surface area contributed by atoms with Crippen LogP contribution in [0.25, 0.3) is 11.1 Å². The summed E-state index contributed by atoms with van der Waals surface area (Å²) in [6.07, 6.45) is 0.879. The Bertz CT molecular complexity index is 1240. The number of benzene rings is 2. The smallest absolute Gasteiger partial charge is 0.237 e. The third-order valence-electron chi connectivity index (χ3n) is 5.01. The Morgan fingerprint density at radius 3 is 2.44 bits per heavy atom. The van der Waals surface area contributed by atoms with E-state index in [4.69, 9.17) is 5.73 Å². The quantitative estimate of drug-likeness (QED) is 0.516. The number of amides is 1. The summed E-state index contributed by atoms with van der Waals surface area (Å²) in [6.45, 7) is 5.74. The monoisotopic (exact) mass is 441 g/mol. The van der Waals surface area contributed by atoms with Gasteiger partial charge in [-0.05, 0) is 49.1 Å². The number of anilines is 2. The molecule has 0 aliphatic heterocycles. The van der Waals surface area contributed by atoms with E-state index in [1.165, 1.54) is 0 Å². The number of nitrogens with one attached hydrogen (secondary N) is 1. The lowest BCUT2D eigenvalue weighted by molar-refractivity contribution is -0.115. The van der Waals surface area contributed by atoms with Crippen molar-refractivity contribution in [2.75, 3.05) is 11.1 Å². The topological polar surface area (TPSA) is 116 Å². The maximum absolute atomic E-state index is 12.7. The van der Waals surface area contributed by atoms with Gasteiger partial charge in [-0.25, -0.2) is 4.98 Å². The summed E-state index contributed by atoms with van der Waals surface area (Å²) in [5.41, 5.74) is 10.5. The van der Waals surface area contributed by atoms with Gasteiger partial charge < -0.3 is 11.1 Å². The number of pyridine rings is 1. The number of aromatic nitrogens is 1. The van der Waals surface area contributed by atoms with Gasteiger partial charge in [0.25, 0.3) is 0 Å². The zero-order valence-corrected chi connectivity index (χ0v) is 19.0. The normalized spacial score (nSPS) is 11.3. The molecule has 0 saturated carbocycles. The lowest BCUT2D eigenvalue weighted by Crippen LogP contribution is -2.22. The Labute approximate surface area is 192 Å². The Morgan fingerprint density at radius 1 is 1.16 bits per heavy atom. The molecule has 0 spiro atoms. The minimum atomic E-state index is -0.544. The Kier molecular flexibility index (Phi) is 7.14. The van der Waals surface area contributed by atoms with Crippen LogP contribution in [0.3, 0.4) is 0 Å². The predicted octanol–water partition coefficient (Wildman–Crippen LogP) is 5.06. The van der Waals surface area contributed by atoms with Gasteiger partial charge in [0.1, 0.15) is 28.5 Å². The van der Waals surface area contributed by atoms with E-state index in [1.807, 2.05) is 55.5 Å². The third-order valence-corrected chi connectivity index (χ3v) is 6.10. The summed E-state index contributed by atoms with van der Waals surface area (Å²) in [4.78, 5) is 17.0. The lowest BCUT2D eigenvalue weighted by atomic mass is 9.96. The van der Waals surface area contributed by atoms with E-state index < -0.39 is 5.25 Å². The number of nitrogen functional groups attached to an aromatic ring is 1. The van der Waals surface area contributed by atoms with Crippen molar-refractivity contribution in [1.29, 1.82) is 10.5 Å². The molecule has 0 fully saturated rings. The zero-order valence-electron chi connectivity index (χ0n) is 18.1. The molecule has 0 saturated heterocycles. The average Bonchev–Trinajstić information content (AvgIpc) is 2.78. The molecule has 1 amide bonds. The molecule has 1 heterocycles. The van der Waals surface area contributed by atoms with E-state index in [0.29, 0.717) is 21.8 Å². The Morgan fingerprint density at radius 2 is 1.84 bits per heavy atom. The van der Waals surface area contributed by atoms with Crippen LogP contribution in [0, 0.1) is 29.6 Å². The van der Waals surface area contributed by atoms with Gasteiger partial charge in [-0.3, -0.25) is 4.79 Å². The first-order valence-electron chi connectivity index (χ1n) is 10.1. The standard InChI is InChI=1S/C25H23N5OS/c1-4-17-8-10-18(11-9-17)22-20(13-26)23(28)30-25(21(22)14-27)32-16(3)24(31)29-19-7-5-6-15(2)12-19/h5-12,16H,4H2,1-3H3,(H2,28,30)(H,29,31). The summed E-state index contributed by atoms with van der Waals surface area (Å²) in [5.74, 6) is -0.182. The maximum Gasteiger partial charge on any atom is 0.237 e. The molecule has 32 heavy (non-hydrogen) atoms. The SMILES string of the molecule is CCc1ccc(-c2c(C#N)c(N)nc(SC(C)C(=O)Nc3cccc(C)c3)c2C#N)cc1. The summed E-state index contributed by atoms with van der Waals surface area (Å²) in [7, 11) is 0. The van der Waals surface area contributed by atoms with Gasteiger partial charge in [-0.15, -0.1) is 0 Å². The van der Waals surface area contributed by atoms with Gasteiger partial charge in [-0.2, -0.15) is 10.5 Å². The fourth-order valence-electron chi connectivity index (χ4n) is 3.27. The molecule has 1 aromatic heterocycles. The number of aryl methyl sites for hydroxylation is 2. The molecular weight excluding hydrogens is 418 g/mol. The van der Waals surface area contributed by atoms with Crippen LogP contribution < -0.4 is 11.1 Å². The molecule has 2 aromatic carbocycles. The molecule has 6 nitrogen and oxygen atoms in total. The van der Waals surface area contributed by atoms with Crippen LogP contribution in [0.1, 0.15) is 36.1 Å². The lowest BCUT2D eigenvalue weighted by Gasteiger charge is -2.16. The number of carbonyl (C=O) groups is 1. The largest absolute Gasteiger partial charge is 0.383 e. The first-order valence-corrected chi connectivity index (χ1v) is 11.0. The summed E-state index contributed by atoms with van der Waals surface area (Å²) in [5, 5.41) is 22.3. The average molecular weight is 442 g/mol. The second-order valence-electron chi connectivity index (χ2n) is 7.32. The van der Waals surface area contributed by atoms with Crippen LogP contribution >= 0.6 is 11.8 Å². The van der Waals surface area contributed by atoms with Gasteiger partial charge in [0.15, 0.2) is 0 Å². The highest BCUT2D eigenvalue weighted by Gasteiger charge is 2.24. The molecule has 3 aromatic rings. The van der Waals surface area contributed by atoms with Crippen LogP contribution in [0.4, 0.5) is 11.5 Å². The number of nitrogens with two attached hydrogens (primary N) is 1. The molecule has 3 N–H and O–H groups in total. The van der Waals surface area contributed by atoms with Crippen LogP contribution in [0.2, 0.25) is 0 Å². The number of nitriles is 2. The van der Waals surface area contributed by atoms with Crippen LogP contribution in [0.15, 0.2) is 53.6 Å². The Balaban J connectivity index is 1.97. The van der Waals surface area contributed by atoms with Crippen molar-refractivity contribution >= 4 is 29.2 Å². The molecule has 0 aliphatic rings. The third kappa shape index (κ3) is 4.91. The molecule has 1 atom stereocenters. The van der Waals surface area contributed by atoms with E-state index in [9.17, 15) is 15.3 Å². The van der Waals surface area contributed by atoms with Gasteiger partial charge in [0.05, 0.1) is 10.8 Å². The van der Waals surface area contributed by atoms with Crippen LogP contribution in [-0.2, 0) is 11.2 Å². The van der Waals surface area contributed by atoms with Crippen LogP contribution in [0.5, 0.6) is 0 Å². The minimum absolute atomic E-state index is 0.0369. The molecule has 0 aliphatic carbocycles. The van der Waals surface area contributed by atoms with Crippen molar-refractivity contribution in [1.82, 2.24) is 4.98 Å². The summed E-state index contributed by atoms with van der Waals surface area (Å²) >= 11 is 1.14. The molecule has 160 valence electrons. The number of hydrogen-bond acceptors (Lipinski definition) is 6. The summed E-state index contributed by atoms with van der Waals surface area (Å²) < 4.78 is 0. The van der Waals surface area contributed by atoms with Gasteiger partial charge >= 0.3 is 0 Å². The van der Waals surface area contributed by atoms with E-state index >= 15 is 0 Å². The second kappa shape index (κ2) is 10.00. The molecule has 7 heteroatoms. The van der Waals surface area contributed by atoms with E-state index in [0.717, 1.165) is 29.3 Å².